The second-order valence-electron chi connectivity index (χ2n) is 5.33. The Morgan fingerprint density at radius 1 is 1.42 bits per heavy atom. The number of amides is 1. The van der Waals surface area contributed by atoms with E-state index in [0.717, 1.165) is 11.1 Å². The minimum Gasteiger partial charge on any atom is -0.491 e. The van der Waals surface area contributed by atoms with Crippen LogP contribution >= 0.6 is 0 Å². The molecule has 122 valence electrons. The van der Waals surface area contributed by atoms with Gasteiger partial charge in [0.1, 0.15) is 12.4 Å². The van der Waals surface area contributed by atoms with Crippen molar-refractivity contribution in [3.63, 3.8) is 0 Å². The molecular formula is C14H13N7O3. The minimum atomic E-state index is -0.401. The molecule has 10 nitrogen and oxygen atoms in total. The first-order valence-corrected chi connectivity index (χ1v) is 7.22. The van der Waals surface area contributed by atoms with E-state index < -0.39 is 5.91 Å². The Hall–Kier alpha value is -3.30. The molecule has 0 unspecified atom stereocenters. The maximum absolute atomic E-state index is 12.1. The summed E-state index contributed by atoms with van der Waals surface area (Å²) in [5.74, 6) is 1.28. The third-order valence-electron chi connectivity index (χ3n) is 3.60. The summed E-state index contributed by atoms with van der Waals surface area (Å²) in [6, 6.07) is 5.28. The van der Waals surface area contributed by atoms with Gasteiger partial charge in [-0.05, 0) is 11.3 Å². The predicted octanol–water partition coefficient (Wildman–Crippen LogP) is 0.432. The number of benzene rings is 1. The number of nitrogens with zero attached hydrogens (tertiary/aromatic N) is 6. The largest absolute Gasteiger partial charge is 0.491 e. The average molecular weight is 327 g/mol. The molecule has 3 heterocycles. The number of ether oxygens (including phenoxy) is 1. The van der Waals surface area contributed by atoms with Gasteiger partial charge in [0.05, 0.1) is 13.1 Å². The molecule has 1 aliphatic heterocycles. The van der Waals surface area contributed by atoms with Gasteiger partial charge in [0, 0.05) is 18.1 Å². The Labute approximate surface area is 135 Å². The van der Waals surface area contributed by atoms with Crippen LogP contribution in [-0.2, 0) is 7.05 Å². The third-order valence-corrected chi connectivity index (χ3v) is 3.60. The molecule has 2 aromatic heterocycles. The molecule has 24 heavy (non-hydrogen) atoms. The molecule has 0 spiro atoms. The predicted molar refractivity (Wildman–Crippen MR) is 79.0 cm³/mol. The number of aryl methyl sites for hydroxylation is 2. The van der Waals surface area contributed by atoms with Crippen LogP contribution in [0, 0.1) is 6.92 Å². The van der Waals surface area contributed by atoms with Crippen LogP contribution in [0.4, 0.5) is 0 Å². The first-order chi connectivity index (χ1) is 11.6. The standard InChI is InChI=1S/C14H13N7O3/c1-7-15-12(19-24-7)8-3-4-9-10(6-23-11(9)5-8)16-14(22)13-17-20-21(2)18-13/h3-5,10H,6H2,1-2H3,(H,16,22)/t10-/m1/s1. The fourth-order valence-electron chi connectivity index (χ4n) is 2.48. The van der Waals surface area contributed by atoms with Crippen molar-refractivity contribution in [1.82, 2.24) is 35.7 Å². The van der Waals surface area contributed by atoms with E-state index in [4.69, 9.17) is 9.26 Å². The van der Waals surface area contributed by atoms with Crippen molar-refractivity contribution in [3.05, 3.63) is 35.5 Å². The number of carbonyl (C=O) groups is 1. The van der Waals surface area contributed by atoms with Crippen LogP contribution in [-0.4, -0.2) is 42.9 Å². The van der Waals surface area contributed by atoms with Crippen molar-refractivity contribution in [2.45, 2.75) is 13.0 Å². The summed E-state index contributed by atoms with van der Waals surface area (Å²) >= 11 is 0. The van der Waals surface area contributed by atoms with E-state index in [9.17, 15) is 4.79 Å². The van der Waals surface area contributed by atoms with E-state index in [0.29, 0.717) is 24.1 Å². The highest BCUT2D eigenvalue weighted by molar-refractivity contribution is 5.90. The molecule has 4 rings (SSSR count). The third kappa shape index (κ3) is 2.47. The zero-order valence-electron chi connectivity index (χ0n) is 12.9. The number of fused-ring (bicyclic) bond motifs is 1. The zero-order chi connectivity index (χ0) is 16.7. The van der Waals surface area contributed by atoms with Crippen LogP contribution in [0.15, 0.2) is 22.7 Å². The van der Waals surface area contributed by atoms with Crippen LogP contribution in [0.25, 0.3) is 11.4 Å². The quantitative estimate of drug-likeness (QED) is 0.735. The van der Waals surface area contributed by atoms with E-state index in [1.54, 1.807) is 14.0 Å². The van der Waals surface area contributed by atoms with Gasteiger partial charge < -0.3 is 14.6 Å². The van der Waals surface area contributed by atoms with Gasteiger partial charge in [0.25, 0.3) is 11.7 Å². The summed E-state index contributed by atoms with van der Waals surface area (Å²) in [5.41, 5.74) is 1.66. The summed E-state index contributed by atoms with van der Waals surface area (Å²) in [4.78, 5) is 17.6. The van der Waals surface area contributed by atoms with Crippen molar-refractivity contribution < 1.29 is 14.1 Å². The first kappa shape index (κ1) is 14.3. The lowest BCUT2D eigenvalue weighted by Gasteiger charge is -2.09. The molecule has 0 bridgehead atoms. The number of hydrogen-bond acceptors (Lipinski definition) is 8. The monoisotopic (exact) mass is 327 g/mol. The Morgan fingerprint density at radius 3 is 3.00 bits per heavy atom. The van der Waals surface area contributed by atoms with Gasteiger partial charge >= 0.3 is 0 Å². The summed E-state index contributed by atoms with van der Waals surface area (Å²) < 4.78 is 10.6. The fraction of sp³-hybridized carbons (Fsp3) is 0.286. The fourth-order valence-corrected chi connectivity index (χ4v) is 2.48. The van der Waals surface area contributed by atoms with Gasteiger partial charge in [-0.3, -0.25) is 4.79 Å². The Balaban J connectivity index is 1.55. The highest BCUT2D eigenvalue weighted by atomic mass is 16.5. The van der Waals surface area contributed by atoms with Gasteiger partial charge in [-0.15, -0.1) is 10.2 Å². The topological polar surface area (TPSA) is 121 Å². The molecule has 0 saturated heterocycles. The van der Waals surface area contributed by atoms with Gasteiger partial charge in [0.2, 0.25) is 11.7 Å². The normalized spacial score (nSPS) is 15.8. The van der Waals surface area contributed by atoms with Crippen LogP contribution in [0.1, 0.15) is 28.1 Å². The minimum absolute atomic E-state index is 0.0184. The van der Waals surface area contributed by atoms with E-state index in [-0.39, 0.29) is 11.9 Å². The number of aromatic nitrogens is 6. The number of hydrogen-bond donors (Lipinski definition) is 1. The molecule has 10 heteroatoms. The van der Waals surface area contributed by atoms with Gasteiger partial charge in [-0.2, -0.15) is 9.78 Å². The molecule has 0 radical (unpaired) electrons. The lowest BCUT2D eigenvalue weighted by atomic mass is 10.1. The Morgan fingerprint density at radius 2 is 2.29 bits per heavy atom. The molecule has 1 aromatic carbocycles. The van der Waals surface area contributed by atoms with Gasteiger partial charge in [-0.1, -0.05) is 17.3 Å². The van der Waals surface area contributed by atoms with E-state index >= 15 is 0 Å². The number of nitrogens with one attached hydrogen (secondary N) is 1. The number of carbonyl (C=O) groups excluding carboxylic acids is 1. The molecule has 1 aliphatic rings. The van der Waals surface area contributed by atoms with Crippen molar-refractivity contribution in [1.29, 1.82) is 0 Å². The van der Waals surface area contributed by atoms with Gasteiger partial charge in [0.15, 0.2) is 0 Å². The maximum Gasteiger partial charge on any atom is 0.293 e. The second kappa shape index (κ2) is 5.41. The second-order valence-corrected chi connectivity index (χ2v) is 5.33. The van der Waals surface area contributed by atoms with Crippen molar-refractivity contribution in [2.75, 3.05) is 6.61 Å². The van der Waals surface area contributed by atoms with E-state index in [1.807, 2.05) is 18.2 Å². The lowest BCUT2D eigenvalue weighted by Crippen LogP contribution is -2.30. The SMILES string of the molecule is Cc1nc(-c2ccc3c(c2)OC[C@H]3NC(=O)c2nnn(C)n2)no1. The summed E-state index contributed by atoms with van der Waals surface area (Å²) in [5, 5.41) is 17.9. The van der Waals surface area contributed by atoms with E-state index in [2.05, 4.69) is 30.9 Å². The molecule has 1 atom stereocenters. The molecule has 0 fully saturated rings. The zero-order valence-corrected chi connectivity index (χ0v) is 12.9. The van der Waals surface area contributed by atoms with Gasteiger partial charge in [-0.25, -0.2) is 0 Å². The van der Waals surface area contributed by atoms with Crippen LogP contribution in [0.5, 0.6) is 5.75 Å². The molecular weight excluding hydrogens is 314 g/mol. The highest BCUT2D eigenvalue weighted by Gasteiger charge is 2.28. The Bertz CT molecular complexity index is 917. The van der Waals surface area contributed by atoms with Crippen molar-refractivity contribution in [3.8, 4) is 17.1 Å². The maximum atomic E-state index is 12.1. The van der Waals surface area contributed by atoms with Crippen LogP contribution in [0.2, 0.25) is 0 Å². The average Bonchev–Trinajstić information content (AvgIpc) is 3.28. The highest BCUT2D eigenvalue weighted by Crippen LogP contribution is 2.35. The summed E-state index contributed by atoms with van der Waals surface area (Å²) in [6.07, 6.45) is 0. The molecule has 1 N–H and O–H groups in total. The van der Waals surface area contributed by atoms with Crippen molar-refractivity contribution in [2.24, 2.45) is 7.05 Å². The van der Waals surface area contributed by atoms with Crippen LogP contribution in [0.3, 0.4) is 0 Å². The first-order valence-electron chi connectivity index (χ1n) is 7.22. The molecule has 0 saturated carbocycles. The smallest absolute Gasteiger partial charge is 0.293 e. The lowest BCUT2D eigenvalue weighted by molar-refractivity contribution is 0.0919. The Kier molecular flexibility index (Phi) is 3.22. The molecule has 3 aromatic rings. The van der Waals surface area contributed by atoms with Crippen molar-refractivity contribution >= 4 is 5.91 Å². The summed E-state index contributed by atoms with van der Waals surface area (Å²) in [7, 11) is 1.60. The van der Waals surface area contributed by atoms with E-state index in [1.165, 1.54) is 4.80 Å². The molecule has 1 amide bonds. The molecule has 0 aliphatic carbocycles. The number of rotatable bonds is 3. The summed E-state index contributed by atoms with van der Waals surface area (Å²) in [6.45, 7) is 2.06. The number of tetrazole rings is 1. The van der Waals surface area contributed by atoms with Crippen LogP contribution < -0.4 is 10.1 Å².